The van der Waals surface area contributed by atoms with Crippen LogP contribution in [0.1, 0.15) is 60.8 Å². The van der Waals surface area contributed by atoms with Gasteiger partial charge in [-0.3, -0.25) is 29.4 Å². The van der Waals surface area contributed by atoms with Crippen molar-refractivity contribution in [3.63, 3.8) is 0 Å². The molecular weight excluding hydrogens is 472 g/mol. The molecule has 0 bridgehead atoms. The Hall–Kier alpha value is -3.35. The molecule has 2 atom stereocenters. The second-order valence-corrected chi connectivity index (χ2v) is 6.14. The van der Waals surface area contributed by atoms with Crippen LogP contribution in [-0.2, 0) is 33.5 Å². The Bertz CT molecular complexity index is 716. The van der Waals surface area contributed by atoms with Crippen molar-refractivity contribution in [3.05, 3.63) is 0 Å². The maximum absolute atomic E-state index is 11.3. The first kappa shape index (κ1) is 37.9. The van der Waals surface area contributed by atoms with Crippen LogP contribution < -0.4 is 21.7 Å². The molecule has 0 aromatic carbocycles. The molecule has 2 unspecified atom stereocenters. The van der Waals surface area contributed by atoms with Gasteiger partial charge in [-0.05, 0) is 26.7 Å². The van der Waals surface area contributed by atoms with E-state index >= 15 is 0 Å². The lowest BCUT2D eigenvalue weighted by molar-refractivity contribution is -0.150. The van der Waals surface area contributed by atoms with Crippen molar-refractivity contribution in [1.82, 2.24) is 16.0 Å². The van der Waals surface area contributed by atoms with Crippen LogP contribution in [0.4, 0.5) is 0 Å². The van der Waals surface area contributed by atoms with Crippen LogP contribution in [0.25, 0.3) is 0 Å². The van der Waals surface area contributed by atoms with Gasteiger partial charge in [0.15, 0.2) is 17.9 Å². The molecule has 0 aromatic rings. The summed E-state index contributed by atoms with van der Waals surface area (Å²) in [4.78, 5) is 70.2. The number of amides is 4. The Kier molecular flexibility index (Phi) is 25.5. The number of hydrogen-bond acceptors (Lipinski definition) is 8. The number of esters is 1. The number of rotatable bonds is 9. The number of ether oxygens (including phenoxy) is 1. The number of hydrogen-bond donors (Lipinski definition) is 5. The first-order valence-electron chi connectivity index (χ1n) is 9.92. The molecular formula is C20H37ClN6O7. The summed E-state index contributed by atoms with van der Waals surface area (Å²) in [6.07, 6.45) is 3.69. The van der Waals surface area contributed by atoms with Crippen molar-refractivity contribution < 1.29 is 33.5 Å². The largest absolute Gasteiger partial charge is 0.464 e. The topological polar surface area (TPSA) is 210 Å². The molecule has 0 aromatic heterocycles. The first-order valence-corrected chi connectivity index (χ1v) is 9.92. The van der Waals surface area contributed by atoms with Crippen molar-refractivity contribution in [1.29, 1.82) is 5.41 Å². The van der Waals surface area contributed by atoms with E-state index in [1.54, 1.807) is 6.92 Å². The third kappa shape index (κ3) is 17.2. The Labute approximate surface area is 205 Å². The minimum Gasteiger partial charge on any atom is -0.464 e. The van der Waals surface area contributed by atoms with Gasteiger partial charge in [-0.15, -0.1) is 12.4 Å². The summed E-state index contributed by atoms with van der Waals surface area (Å²) in [7, 11) is 0. The fourth-order valence-electron chi connectivity index (χ4n) is 2.03. The second kappa shape index (κ2) is 22.8. The van der Waals surface area contributed by atoms with Gasteiger partial charge < -0.3 is 26.4 Å². The molecule has 0 spiro atoms. The van der Waals surface area contributed by atoms with Gasteiger partial charge >= 0.3 is 5.97 Å². The number of carbonyl (C=O) groups is 6. The Morgan fingerprint density at radius 2 is 1.68 bits per heavy atom. The van der Waals surface area contributed by atoms with Crippen LogP contribution >= 0.6 is 12.4 Å². The van der Waals surface area contributed by atoms with Gasteiger partial charge in [0.25, 0.3) is 11.8 Å². The zero-order valence-electron chi connectivity index (χ0n) is 19.1. The maximum atomic E-state index is 11.3. The smallest absolute Gasteiger partial charge is 0.336 e. The molecule has 34 heavy (non-hydrogen) atoms. The number of ketones is 1. The number of carbonyl (C=O) groups excluding carboxylic acids is 6. The summed E-state index contributed by atoms with van der Waals surface area (Å²) in [5.74, 6) is -2.94. The number of Topliss-reactive ketones (excluding diaryl/α,β-unsaturated/α-hetero) is 1. The van der Waals surface area contributed by atoms with E-state index < -0.39 is 35.7 Å². The van der Waals surface area contributed by atoms with E-state index in [0.717, 1.165) is 12.7 Å². The molecule has 0 saturated carbocycles. The fourth-order valence-corrected chi connectivity index (χ4v) is 2.03. The standard InChI is InChI=1S/C10H17NO4.C8H11N3O3.CH4N2.CH4.ClH/c1-4-6-8(13)11-9(7(3)12)10(14)15-5-2;1-2-3-5(12)11-6-7(13)9-4-10-8(6)14;2-1-3;;/h9H,4-6H2,1-3H3,(H,11,13);4,6H,2-3H2,1H3,(H,11,12)(H,9,10,13,14);1H,(H3,2,3);1H4;1H. The predicted molar refractivity (Wildman–Crippen MR) is 130 cm³/mol. The van der Waals surface area contributed by atoms with Gasteiger partial charge in [-0.1, -0.05) is 21.3 Å². The van der Waals surface area contributed by atoms with Crippen LogP contribution in [0.5, 0.6) is 0 Å². The first-order chi connectivity index (χ1) is 15.1. The third-order valence-corrected chi connectivity index (χ3v) is 3.40. The normalized spacial score (nSPS) is 13.9. The predicted octanol–water partition coefficient (Wildman–Crippen LogP) is -0.0105. The van der Waals surface area contributed by atoms with Crippen LogP contribution in [0.15, 0.2) is 4.99 Å². The Morgan fingerprint density at radius 1 is 1.18 bits per heavy atom. The van der Waals surface area contributed by atoms with Crippen LogP contribution in [0, 0.1) is 5.41 Å². The molecule has 13 nitrogen and oxygen atoms in total. The molecule has 14 heteroatoms. The highest BCUT2D eigenvalue weighted by molar-refractivity contribution is 6.15. The number of nitrogens with one attached hydrogen (secondary N) is 4. The van der Waals surface area contributed by atoms with E-state index in [-0.39, 0.29) is 38.3 Å². The minimum atomic E-state index is -1.17. The minimum absolute atomic E-state index is 0. The maximum Gasteiger partial charge on any atom is 0.336 e. The molecule has 1 rings (SSSR count). The third-order valence-electron chi connectivity index (χ3n) is 3.40. The highest BCUT2D eigenvalue weighted by Gasteiger charge is 2.29. The summed E-state index contributed by atoms with van der Waals surface area (Å²) in [5.41, 5.74) is 4.39. The van der Waals surface area contributed by atoms with Gasteiger partial charge in [0.2, 0.25) is 11.8 Å². The molecule has 1 aliphatic rings. The molecule has 1 heterocycles. The summed E-state index contributed by atoms with van der Waals surface area (Å²) in [5, 5.41) is 12.7. The number of aliphatic imine (C=N–C) groups is 1. The molecule has 0 radical (unpaired) electrons. The van der Waals surface area contributed by atoms with Gasteiger partial charge in [0, 0.05) is 12.8 Å². The van der Waals surface area contributed by atoms with Crippen molar-refractivity contribution in [2.45, 2.75) is 72.9 Å². The number of nitrogens with zero attached hydrogens (tertiary/aromatic N) is 1. The van der Waals surface area contributed by atoms with E-state index in [1.165, 1.54) is 6.92 Å². The molecule has 1 aliphatic heterocycles. The van der Waals surface area contributed by atoms with Gasteiger partial charge in [0.05, 0.1) is 19.3 Å². The lowest BCUT2D eigenvalue weighted by atomic mass is 10.2. The van der Waals surface area contributed by atoms with Crippen LogP contribution in [0.3, 0.4) is 0 Å². The number of halogens is 1. The second-order valence-electron chi connectivity index (χ2n) is 6.14. The summed E-state index contributed by atoms with van der Waals surface area (Å²) in [6, 6.07) is -2.33. The van der Waals surface area contributed by atoms with Gasteiger partial charge in [-0.2, -0.15) is 0 Å². The van der Waals surface area contributed by atoms with Gasteiger partial charge in [-0.25, -0.2) is 9.79 Å². The van der Waals surface area contributed by atoms with Crippen LogP contribution in [-0.4, -0.2) is 66.7 Å². The lowest BCUT2D eigenvalue weighted by Gasteiger charge is -2.16. The summed E-state index contributed by atoms with van der Waals surface area (Å²) in [6.45, 7) is 6.75. The van der Waals surface area contributed by atoms with Crippen molar-refractivity contribution in [3.8, 4) is 0 Å². The molecule has 6 N–H and O–H groups in total. The highest BCUT2D eigenvalue weighted by atomic mass is 35.5. The molecule has 0 aliphatic carbocycles. The SMILES string of the molecule is C.CCCC(=O)NC(C(C)=O)C(=O)OCC.CCCC(=O)NC1C(=O)N=CNC1=O.Cl.N=CN. The van der Waals surface area contributed by atoms with Crippen LogP contribution in [0.2, 0.25) is 0 Å². The number of nitrogens with two attached hydrogens (primary N) is 1. The van der Waals surface area contributed by atoms with E-state index in [9.17, 15) is 28.8 Å². The van der Waals surface area contributed by atoms with E-state index in [0.29, 0.717) is 25.7 Å². The van der Waals surface area contributed by atoms with Crippen molar-refractivity contribution in [2.75, 3.05) is 6.61 Å². The zero-order chi connectivity index (χ0) is 25.1. The lowest BCUT2D eigenvalue weighted by Crippen LogP contribution is -2.53. The van der Waals surface area contributed by atoms with Gasteiger partial charge in [0.1, 0.15) is 0 Å². The molecule has 0 fully saturated rings. The quantitative estimate of drug-likeness (QED) is 0.123. The summed E-state index contributed by atoms with van der Waals surface area (Å²) < 4.78 is 4.67. The fraction of sp³-hybridized carbons (Fsp3) is 0.600. The molecule has 0 saturated heterocycles. The van der Waals surface area contributed by atoms with Crippen molar-refractivity contribution >= 4 is 60.5 Å². The summed E-state index contributed by atoms with van der Waals surface area (Å²) >= 11 is 0. The average molecular weight is 509 g/mol. The monoisotopic (exact) mass is 508 g/mol. The highest BCUT2D eigenvalue weighted by Crippen LogP contribution is 1.96. The van der Waals surface area contributed by atoms with E-state index in [2.05, 4.69) is 31.4 Å². The van der Waals surface area contributed by atoms with E-state index in [4.69, 9.17) is 5.41 Å². The van der Waals surface area contributed by atoms with Crippen molar-refractivity contribution in [2.24, 2.45) is 10.7 Å². The molecule has 4 amide bonds. The van der Waals surface area contributed by atoms with E-state index in [1.807, 2.05) is 13.8 Å². The average Bonchev–Trinajstić information content (AvgIpc) is 2.70. The Balaban J connectivity index is -0.000000225. The molecule has 196 valence electrons. The Morgan fingerprint density at radius 3 is 2.09 bits per heavy atom. The zero-order valence-corrected chi connectivity index (χ0v) is 20.0.